The second-order valence-corrected chi connectivity index (χ2v) is 7.41. The van der Waals surface area contributed by atoms with Gasteiger partial charge in [0, 0.05) is 20.5 Å². The van der Waals surface area contributed by atoms with Gasteiger partial charge in [-0.3, -0.25) is 0 Å². The number of hydrogen-bond donors (Lipinski definition) is 0. The summed E-state index contributed by atoms with van der Waals surface area (Å²) < 4.78 is 14.4. The van der Waals surface area contributed by atoms with Gasteiger partial charge in [-0.05, 0) is 42.7 Å². The second-order valence-electron chi connectivity index (χ2n) is 5.37. The summed E-state index contributed by atoms with van der Waals surface area (Å²) in [5, 5.41) is 1.62. The van der Waals surface area contributed by atoms with Crippen LogP contribution >= 0.6 is 47.8 Å². The number of halogens is 4. The lowest BCUT2D eigenvalue weighted by Crippen LogP contribution is -2.33. The van der Waals surface area contributed by atoms with E-state index in [9.17, 15) is 4.39 Å². The molecule has 21 heavy (non-hydrogen) atoms. The SMILES string of the molecule is Cc1ccc(C(CBr)(CBr)Cc2cc(F)cc(Br)c2)cc1. The standard InChI is InChI=1S/C17H16Br3F/c1-12-2-4-14(5-3-12)17(10-18,11-19)9-13-6-15(20)8-16(21)7-13/h2-8H,9-11H2,1H3. The smallest absolute Gasteiger partial charge is 0.124 e. The van der Waals surface area contributed by atoms with Crippen molar-refractivity contribution < 1.29 is 4.39 Å². The quantitative estimate of drug-likeness (QED) is 0.451. The van der Waals surface area contributed by atoms with Gasteiger partial charge in [0.2, 0.25) is 0 Å². The van der Waals surface area contributed by atoms with Crippen molar-refractivity contribution in [1.82, 2.24) is 0 Å². The predicted molar refractivity (Wildman–Crippen MR) is 98.2 cm³/mol. The molecular formula is C17H16Br3F. The van der Waals surface area contributed by atoms with Crippen molar-refractivity contribution in [2.75, 3.05) is 10.7 Å². The molecule has 0 radical (unpaired) electrons. The van der Waals surface area contributed by atoms with Crippen molar-refractivity contribution in [3.8, 4) is 0 Å². The summed E-state index contributed by atoms with van der Waals surface area (Å²) in [6, 6.07) is 13.6. The van der Waals surface area contributed by atoms with Crippen molar-refractivity contribution >= 4 is 47.8 Å². The van der Waals surface area contributed by atoms with Crippen LogP contribution in [-0.2, 0) is 11.8 Å². The van der Waals surface area contributed by atoms with Crippen molar-refractivity contribution in [2.45, 2.75) is 18.8 Å². The number of benzene rings is 2. The van der Waals surface area contributed by atoms with E-state index in [-0.39, 0.29) is 11.2 Å². The molecule has 2 rings (SSSR count). The monoisotopic (exact) mass is 476 g/mol. The summed E-state index contributed by atoms with van der Waals surface area (Å²) in [5.41, 5.74) is 3.38. The van der Waals surface area contributed by atoms with E-state index in [1.807, 2.05) is 6.07 Å². The minimum Gasteiger partial charge on any atom is -0.207 e. The maximum atomic E-state index is 13.6. The molecule has 0 N–H and O–H groups in total. The number of alkyl halides is 2. The molecule has 0 saturated heterocycles. The van der Waals surface area contributed by atoms with Crippen LogP contribution in [0.4, 0.5) is 4.39 Å². The van der Waals surface area contributed by atoms with E-state index < -0.39 is 0 Å². The van der Waals surface area contributed by atoms with E-state index >= 15 is 0 Å². The van der Waals surface area contributed by atoms with E-state index in [0.29, 0.717) is 0 Å². The number of hydrogen-bond acceptors (Lipinski definition) is 0. The first kappa shape index (κ1) is 17.2. The summed E-state index contributed by atoms with van der Waals surface area (Å²) in [5.74, 6) is -0.207. The average molecular weight is 479 g/mol. The Morgan fingerprint density at radius 2 is 1.62 bits per heavy atom. The van der Waals surface area contributed by atoms with E-state index in [4.69, 9.17) is 0 Å². The van der Waals surface area contributed by atoms with Gasteiger partial charge in [-0.1, -0.05) is 77.6 Å². The van der Waals surface area contributed by atoms with Crippen LogP contribution in [0.1, 0.15) is 16.7 Å². The first-order chi connectivity index (χ1) is 9.99. The number of aryl methyl sites for hydroxylation is 1. The van der Waals surface area contributed by atoms with Crippen LogP contribution in [-0.4, -0.2) is 10.7 Å². The normalized spacial score (nSPS) is 11.7. The Kier molecular flexibility index (Phi) is 6.04. The fourth-order valence-corrected chi connectivity index (χ4v) is 4.88. The Labute approximate surface area is 150 Å². The van der Waals surface area contributed by atoms with Crippen LogP contribution in [0.2, 0.25) is 0 Å². The van der Waals surface area contributed by atoms with E-state index in [1.54, 1.807) is 6.07 Å². The highest BCUT2D eigenvalue weighted by atomic mass is 79.9. The van der Waals surface area contributed by atoms with Gasteiger partial charge < -0.3 is 0 Å². The molecule has 0 heterocycles. The van der Waals surface area contributed by atoms with Gasteiger partial charge in [0.15, 0.2) is 0 Å². The van der Waals surface area contributed by atoms with E-state index in [2.05, 4.69) is 79.0 Å². The zero-order valence-corrected chi connectivity index (χ0v) is 16.4. The molecule has 112 valence electrons. The van der Waals surface area contributed by atoms with Crippen molar-refractivity contribution in [1.29, 1.82) is 0 Å². The molecule has 2 aromatic carbocycles. The van der Waals surface area contributed by atoms with Gasteiger partial charge in [0.25, 0.3) is 0 Å². The maximum absolute atomic E-state index is 13.6. The van der Waals surface area contributed by atoms with Gasteiger partial charge in [-0.2, -0.15) is 0 Å². The first-order valence-electron chi connectivity index (χ1n) is 6.63. The summed E-state index contributed by atoms with van der Waals surface area (Å²) >= 11 is 10.7. The molecule has 0 amide bonds. The summed E-state index contributed by atoms with van der Waals surface area (Å²) in [7, 11) is 0. The Morgan fingerprint density at radius 3 is 2.14 bits per heavy atom. The van der Waals surface area contributed by atoms with Crippen LogP contribution in [0.3, 0.4) is 0 Å². The molecule has 0 unspecified atom stereocenters. The Bertz CT molecular complexity index is 584. The Morgan fingerprint density at radius 1 is 1.00 bits per heavy atom. The summed E-state index contributed by atoms with van der Waals surface area (Å²) in [6.45, 7) is 2.08. The Balaban J connectivity index is 2.40. The third-order valence-electron chi connectivity index (χ3n) is 3.64. The highest BCUT2D eigenvalue weighted by molar-refractivity contribution is 9.10. The van der Waals surface area contributed by atoms with Gasteiger partial charge in [-0.25, -0.2) is 4.39 Å². The van der Waals surface area contributed by atoms with Crippen molar-refractivity contribution in [2.24, 2.45) is 0 Å². The highest BCUT2D eigenvalue weighted by Gasteiger charge is 2.30. The highest BCUT2D eigenvalue weighted by Crippen LogP contribution is 2.34. The zero-order valence-electron chi connectivity index (χ0n) is 11.7. The van der Waals surface area contributed by atoms with E-state index in [1.165, 1.54) is 17.2 Å². The molecule has 0 saturated carbocycles. The molecule has 0 aromatic heterocycles. The number of rotatable bonds is 5. The largest absolute Gasteiger partial charge is 0.207 e. The molecule has 2 aromatic rings. The van der Waals surface area contributed by atoms with Crippen LogP contribution in [0.15, 0.2) is 46.9 Å². The second kappa shape index (κ2) is 7.38. The Hall–Kier alpha value is -0.190. The lowest BCUT2D eigenvalue weighted by Gasteiger charge is -2.31. The van der Waals surface area contributed by atoms with Crippen LogP contribution < -0.4 is 0 Å². The molecule has 0 nitrogen and oxygen atoms in total. The van der Waals surface area contributed by atoms with Crippen molar-refractivity contribution in [3.05, 3.63) is 69.4 Å². The van der Waals surface area contributed by atoms with Gasteiger partial charge in [0.05, 0.1) is 0 Å². The molecule has 4 heteroatoms. The average Bonchev–Trinajstić information content (AvgIpc) is 2.45. The van der Waals surface area contributed by atoms with Crippen LogP contribution in [0.25, 0.3) is 0 Å². The molecule has 0 spiro atoms. The van der Waals surface area contributed by atoms with Gasteiger partial charge >= 0.3 is 0 Å². The maximum Gasteiger partial charge on any atom is 0.124 e. The van der Waals surface area contributed by atoms with Crippen LogP contribution in [0.5, 0.6) is 0 Å². The van der Waals surface area contributed by atoms with E-state index in [0.717, 1.165) is 27.1 Å². The third-order valence-corrected chi connectivity index (χ3v) is 6.24. The molecule has 0 bridgehead atoms. The van der Waals surface area contributed by atoms with Gasteiger partial charge in [-0.15, -0.1) is 0 Å². The molecule has 0 aliphatic heterocycles. The summed E-state index contributed by atoms with van der Waals surface area (Å²) in [4.78, 5) is 0. The zero-order chi connectivity index (χ0) is 15.5. The van der Waals surface area contributed by atoms with Crippen molar-refractivity contribution in [3.63, 3.8) is 0 Å². The molecule has 0 atom stereocenters. The first-order valence-corrected chi connectivity index (χ1v) is 9.67. The minimum atomic E-state index is -0.207. The minimum absolute atomic E-state index is 0.0963. The topological polar surface area (TPSA) is 0 Å². The fourth-order valence-electron chi connectivity index (χ4n) is 2.40. The van der Waals surface area contributed by atoms with Crippen LogP contribution in [0, 0.1) is 12.7 Å². The van der Waals surface area contributed by atoms with Gasteiger partial charge in [0.1, 0.15) is 5.82 Å². The molecule has 0 aliphatic rings. The lowest BCUT2D eigenvalue weighted by molar-refractivity contribution is 0.546. The molecule has 0 fully saturated rings. The molecular weight excluding hydrogens is 463 g/mol. The lowest BCUT2D eigenvalue weighted by atomic mass is 9.79. The third kappa shape index (κ3) is 4.17. The summed E-state index contributed by atoms with van der Waals surface area (Å²) in [6.07, 6.45) is 0.767. The fraction of sp³-hybridized carbons (Fsp3) is 0.294. The predicted octanol–water partition coefficient (Wildman–Crippen LogP) is 6.17. The molecule has 0 aliphatic carbocycles.